The number of hydrogen-bond donors (Lipinski definition) is 1. The van der Waals surface area contributed by atoms with Crippen LogP contribution in [0.3, 0.4) is 0 Å². The highest BCUT2D eigenvalue weighted by molar-refractivity contribution is 5.88. The highest BCUT2D eigenvalue weighted by atomic mass is 16.6. The molecular formula is C11H13N3O4. The van der Waals surface area contributed by atoms with Gasteiger partial charge in [-0.1, -0.05) is 6.92 Å². The van der Waals surface area contributed by atoms with E-state index in [4.69, 9.17) is 5.11 Å². The molecule has 0 radical (unpaired) electrons. The van der Waals surface area contributed by atoms with Gasteiger partial charge in [0.15, 0.2) is 0 Å². The Morgan fingerprint density at radius 3 is 2.89 bits per heavy atom. The third-order valence-electron chi connectivity index (χ3n) is 3.01. The zero-order valence-corrected chi connectivity index (χ0v) is 9.87. The molecule has 0 aliphatic carbocycles. The number of rotatable bonds is 3. The van der Waals surface area contributed by atoms with Gasteiger partial charge in [0.25, 0.3) is 0 Å². The van der Waals surface area contributed by atoms with Crippen LogP contribution in [0.4, 0.5) is 11.5 Å². The van der Waals surface area contributed by atoms with Crippen molar-refractivity contribution in [2.75, 3.05) is 18.0 Å². The number of anilines is 1. The fourth-order valence-electron chi connectivity index (χ4n) is 2.07. The molecule has 0 amide bonds. The van der Waals surface area contributed by atoms with Crippen LogP contribution in [0.1, 0.15) is 23.7 Å². The third-order valence-corrected chi connectivity index (χ3v) is 3.01. The lowest BCUT2D eigenvalue weighted by Crippen LogP contribution is -2.21. The molecule has 2 heterocycles. The van der Waals surface area contributed by atoms with Crippen LogP contribution < -0.4 is 4.90 Å². The summed E-state index contributed by atoms with van der Waals surface area (Å²) >= 11 is 0. The summed E-state index contributed by atoms with van der Waals surface area (Å²) in [4.78, 5) is 26.9. The summed E-state index contributed by atoms with van der Waals surface area (Å²) in [5, 5.41) is 19.8. The van der Waals surface area contributed by atoms with E-state index in [0.717, 1.165) is 18.7 Å². The van der Waals surface area contributed by atoms with E-state index in [9.17, 15) is 14.9 Å². The van der Waals surface area contributed by atoms with Crippen LogP contribution in [0.5, 0.6) is 0 Å². The topological polar surface area (TPSA) is 96.6 Å². The number of carboxylic acids is 1. The van der Waals surface area contributed by atoms with Crippen LogP contribution in [-0.2, 0) is 0 Å². The second-order valence-electron chi connectivity index (χ2n) is 4.47. The molecule has 2 rings (SSSR count). The van der Waals surface area contributed by atoms with E-state index >= 15 is 0 Å². The maximum absolute atomic E-state index is 11.0. The highest BCUT2D eigenvalue weighted by Gasteiger charge is 2.27. The third kappa shape index (κ3) is 2.24. The Kier molecular flexibility index (Phi) is 3.14. The average Bonchev–Trinajstić information content (AvgIpc) is 2.74. The molecule has 0 spiro atoms. The molecule has 18 heavy (non-hydrogen) atoms. The van der Waals surface area contributed by atoms with Crippen molar-refractivity contribution in [3.63, 3.8) is 0 Å². The normalized spacial score (nSPS) is 18.9. The van der Waals surface area contributed by atoms with Crippen LogP contribution >= 0.6 is 0 Å². The number of carboxylic acid groups (broad SMARTS) is 1. The number of carbonyl (C=O) groups is 1. The summed E-state index contributed by atoms with van der Waals surface area (Å²) in [6.45, 7) is 3.49. The van der Waals surface area contributed by atoms with Crippen LogP contribution in [-0.4, -0.2) is 34.1 Å². The number of aromatic nitrogens is 1. The minimum absolute atomic E-state index is 0.169. The van der Waals surface area contributed by atoms with Crippen molar-refractivity contribution in [2.24, 2.45) is 5.92 Å². The smallest absolute Gasteiger partial charge is 0.337 e. The first-order chi connectivity index (χ1) is 8.49. The Bertz CT molecular complexity index is 503. The average molecular weight is 251 g/mol. The molecule has 7 nitrogen and oxygen atoms in total. The molecule has 0 bridgehead atoms. The predicted molar refractivity (Wildman–Crippen MR) is 63.8 cm³/mol. The van der Waals surface area contributed by atoms with Gasteiger partial charge in [0.1, 0.15) is 0 Å². The Balaban J connectivity index is 2.41. The predicted octanol–water partition coefficient (Wildman–Crippen LogP) is 1.53. The van der Waals surface area contributed by atoms with Gasteiger partial charge in [0.05, 0.1) is 10.5 Å². The van der Waals surface area contributed by atoms with E-state index in [1.165, 1.54) is 0 Å². The van der Waals surface area contributed by atoms with Gasteiger partial charge >= 0.3 is 11.7 Å². The lowest BCUT2D eigenvalue weighted by molar-refractivity contribution is -0.384. The van der Waals surface area contributed by atoms with E-state index in [0.29, 0.717) is 19.0 Å². The first kappa shape index (κ1) is 12.3. The van der Waals surface area contributed by atoms with E-state index in [1.807, 2.05) is 4.90 Å². The number of aromatic carboxylic acids is 1. The highest BCUT2D eigenvalue weighted by Crippen LogP contribution is 2.30. The number of hydrogen-bond acceptors (Lipinski definition) is 5. The van der Waals surface area contributed by atoms with Gasteiger partial charge in [-0.15, -0.1) is 0 Å². The van der Waals surface area contributed by atoms with E-state index in [1.54, 1.807) is 0 Å². The summed E-state index contributed by atoms with van der Waals surface area (Å²) < 4.78 is 0. The van der Waals surface area contributed by atoms with Crippen LogP contribution in [0, 0.1) is 16.0 Å². The summed E-state index contributed by atoms with van der Waals surface area (Å²) in [7, 11) is 0. The van der Waals surface area contributed by atoms with Gasteiger partial charge in [-0.05, 0) is 12.3 Å². The van der Waals surface area contributed by atoms with E-state index in [2.05, 4.69) is 11.9 Å². The van der Waals surface area contributed by atoms with E-state index < -0.39 is 10.9 Å². The van der Waals surface area contributed by atoms with Crippen LogP contribution in [0.2, 0.25) is 0 Å². The van der Waals surface area contributed by atoms with Crippen molar-refractivity contribution >= 4 is 17.5 Å². The molecule has 1 atom stereocenters. The first-order valence-electron chi connectivity index (χ1n) is 5.61. The Labute approximate surface area is 103 Å². The lowest BCUT2D eigenvalue weighted by atomic mass is 10.2. The van der Waals surface area contributed by atoms with Gasteiger partial charge in [0.2, 0.25) is 5.82 Å². The van der Waals surface area contributed by atoms with Crippen molar-refractivity contribution in [1.82, 2.24) is 4.98 Å². The monoisotopic (exact) mass is 251 g/mol. The quantitative estimate of drug-likeness (QED) is 0.646. The maximum atomic E-state index is 11.0. The minimum Gasteiger partial charge on any atom is -0.478 e. The Morgan fingerprint density at radius 1 is 1.67 bits per heavy atom. The molecular weight excluding hydrogens is 238 g/mol. The van der Waals surface area contributed by atoms with E-state index in [-0.39, 0.29) is 17.1 Å². The Hall–Kier alpha value is -2.18. The second kappa shape index (κ2) is 4.59. The summed E-state index contributed by atoms with van der Waals surface area (Å²) in [5.41, 5.74) is -0.415. The van der Waals surface area contributed by atoms with Crippen molar-refractivity contribution in [2.45, 2.75) is 13.3 Å². The summed E-state index contributed by atoms with van der Waals surface area (Å²) in [6, 6.07) is 1.06. The molecule has 1 fully saturated rings. The fraction of sp³-hybridized carbons (Fsp3) is 0.455. The van der Waals surface area contributed by atoms with Crippen LogP contribution in [0.15, 0.2) is 12.3 Å². The molecule has 1 aliphatic rings. The zero-order valence-electron chi connectivity index (χ0n) is 9.87. The molecule has 1 saturated heterocycles. The molecule has 1 aromatic rings. The number of pyridine rings is 1. The van der Waals surface area contributed by atoms with Crippen LogP contribution in [0.25, 0.3) is 0 Å². The lowest BCUT2D eigenvalue weighted by Gasteiger charge is -2.16. The molecule has 0 aromatic carbocycles. The minimum atomic E-state index is -1.22. The number of nitrogens with zero attached hydrogens (tertiary/aromatic N) is 3. The molecule has 1 N–H and O–H groups in total. The largest absolute Gasteiger partial charge is 0.478 e. The molecule has 1 unspecified atom stereocenters. The standard InChI is InChI=1S/C11H13N3O4/c1-7-2-3-13(6-7)10-9(14(17)18)4-8(5-12-10)11(15)16/h4-5,7H,2-3,6H2,1H3,(H,15,16). The fourth-order valence-corrected chi connectivity index (χ4v) is 2.07. The number of nitro groups is 1. The van der Waals surface area contributed by atoms with Gasteiger partial charge in [0, 0.05) is 25.4 Å². The molecule has 7 heteroatoms. The van der Waals surface area contributed by atoms with Gasteiger partial charge in [-0.25, -0.2) is 9.78 Å². The zero-order chi connectivity index (χ0) is 13.3. The second-order valence-corrected chi connectivity index (χ2v) is 4.47. The summed E-state index contributed by atoms with van der Waals surface area (Å²) in [6.07, 6.45) is 2.12. The molecule has 0 saturated carbocycles. The van der Waals surface area contributed by atoms with Crippen molar-refractivity contribution < 1.29 is 14.8 Å². The van der Waals surface area contributed by atoms with Gasteiger partial charge < -0.3 is 10.0 Å². The van der Waals surface area contributed by atoms with Crippen molar-refractivity contribution in [3.8, 4) is 0 Å². The molecule has 1 aromatic heterocycles. The van der Waals surface area contributed by atoms with Crippen molar-refractivity contribution in [1.29, 1.82) is 0 Å². The first-order valence-corrected chi connectivity index (χ1v) is 5.61. The maximum Gasteiger partial charge on any atom is 0.337 e. The molecule has 96 valence electrons. The SMILES string of the molecule is CC1CCN(c2ncc(C(=O)O)cc2[N+](=O)[O-])C1. The Morgan fingerprint density at radius 2 is 2.39 bits per heavy atom. The van der Waals surface area contributed by atoms with Gasteiger partial charge in [-0.3, -0.25) is 10.1 Å². The summed E-state index contributed by atoms with van der Waals surface area (Å²) in [5.74, 6) is -0.494. The molecule has 1 aliphatic heterocycles. The van der Waals surface area contributed by atoms with Gasteiger partial charge in [-0.2, -0.15) is 0 Å². The van der Waals surface area contributed by atoms with Crippen molar-refractivity contribution in [3.05, 3.63) is 27.9 Å².